The Balaban J connectivity index is 1.87. The van der Waals surface area contributed by atoms with E-state index in [0.717, 1.165) is 0 Å². The normalized spacial score (nSPS) is 22.7. The van der Waals surface area contributed by atoms with Crippen molar-refractivity contribution in [3.8, 4) is 0 Å². The second-order valence-corrected chi connectivity index (χ2v) is 7.74. The number of rotatable bonds is 5. The van der Waals surface area contributed by atoms with Crippen LogP contribution in [0, 0.1) is 5.82 Å². The van der Waals surface area contributed by atoms with Gasteiger partial charge in [0.25, 0.3) is 5.91 Å². The number of nitrogens with one attached hydrogen (secondary N) is 1. The highest BCUT2D eigenvalue weighted by Crippen LogP contribution is 2.14. The van der Waals surface area contributed by atoms with E-state index >= 15 is 0 Å². The highest BCUT2D eigenvalue weighted by atomic mass is 32.2. The summed E-state index contributed by atoms with van der Waals surface area (Å²) in [6, 6.07) is 5.07. The molecule has 1 aromatic rings. The fourth-order valence-electron chi connectivity index (χ4n) is 2.48. The third kappa shape index (κ3) is 4.98. The van der Waals surface area contributed by atoms with E-state index in [1.807, 2.05) is 13.8 Å². The van der Waals surface area contributed by atoms with Gasteiger partial charge in [0.15, 0.2) is 0 Å². The highest BCUT2D eigenvalue weighted by molar-refractivity contribution is 7.89. The molecule has 8 heteroatoms. The molecule has 1 aliphatic heterocycles. The van der Waals surface area contributed by atoms with Crippen LogP contribution in [-0.2, 0) is 14.8 Å². The first-order chi connectivity index (χ1) is 10.8. The summed E-state index contributed by atoms with van der Waals surface area (Å²) < 4.78 is 44.3. The first-order valence-electron chi connectivity index (χ1n) is 7.45. The number of sulfonamides is 1. The molecule has 2 unspecified atom stereocenters. The molecule has 0 aliphatic carbocycles. The predicted molar refractivity (Wildman–Crippen MR) is 84.1 cm³/mol. The number of carbonyl (C=O) groups excluding carboxylic acids is 1. The van der Waals surface area contributed by atoms with Crippen molar-refractivity contribution >= 4 is 15.9 Å². The Bertz CT molecular complexity index is 638. The van der Waals surface area contributed by atoms with Crippen LogP contribution in [0.2, 0.25) is 0 Å². The summed E-state index contributed by atoms with van der Waals surface area (Å²) in [7, 11) is -3.46. The third-order valence-corrected chi connectivity index (χ3v) is 5.34. The van der Waals surface area contributed by atoms with Crippen LogP contribution >= 0.6 is 0 Å². The van der Waals surface area contributed by atoms with Crippen LogP contribution in [0.5, 0.6) is 0 Å². The molecule has 2 atom stereocenters. The lowest BCUT2D eigenvalue weighted by Gasteiger charge is -2.34. The average molecular weight is 344 g/mol. The standard InChI is InChI=1S/C15H21FN2O4S/c1-11-9-18(10-12(2)22-11)23(20,21)8-7-17-15(19)13-3-5-14(16)6-4-13/h3-6,11-12H,7-10H2,1-2H3,(H,17,19). The Kier molecular flexibility index (Phi) is 5.72. The van der Waals surface area contributed by atoms with Crippen molar-refractivity contribution in [2.24, 2.45) is 0 Å². The second kappa shape index (κ2) is 7.37. The summed E-state index contributed by atoms with van der Waals surface area (Å²) in [4.78, 5) is 11.9. The summed E-state index contributed by atoms with van der Waals surface area (Å²) in [6.07, 6.45) is -0.301. The van der Waals surface area contributed by atoms with Gasteiger partial charge in [0.2, 0.25) is 10.0 Å². The van der Waals surface area contributed by atoms with Crippen LogP contribution in [0.1, 0.15) is 24.2 Å². The maximum atomic E-state index is 12.8. The van der Waals surface area contributed by atoms with Crippen LogP contribution in [0.25, 0.3) is 0 Å². The van der Waals surface area contributed by atoms with Gasteiger partial charge in [-0.25, -0.2) is 12.8 Å². The minimum absolute atomic E-state index is 0.00133. The monoisotopic (exact) mass is 344 g/mol. The number of morpholine rings is 1. The molecule has 23 heavy (non-hydrogen) atoms. The zero-order valence-corrected chi connectivity index (χ0v) is 14.0. The minimum atomic E-state index is -3.46. The van der Waals surface area contributed by atoms with Crippen LogP contribution in [0.4, 0.5) is 4.39 Å². The second-order valence-electron chi connectivity index (χ2n) is 5.65. The largest absolute Gasteiger partial charge is 0.373 e. The zero-order chi connectivity index (χ0) is 17.0. The third-order valence-electron chi connectivity index (χ3n) is 3.53. The zero-order valence-electron chi connectivity index (χ0n) is 13.2. The van der Waals surface area contributed by atoms with E-state index in [0.29, 0.717) is 13.1 Å². The van der Waals surface area contributed by atoms with Crippen molar-refractivity contribution in [2.75, 3.05) is 25.4 Å². The minimum Gasteiger partial charge on any atom is -0.373 e. The summed E-state index contributed by atoms with van der Waals surface area (Å²) >= 11 is 0. The van der Waals surface area contributed by atoms with E-state index in [4.69, 9.17) is 4.74 Å². The van der Waals surface area contributed by atoms with E-state index in [9.17, 15) is 17.6 Å². The molecule has 128 valence electrons. The molecule has 2 rings (SSSR count). The van der Waals surface area contributed by atoms with Crippen LogP contribution in [0.3, 0.4) is 0 Å². The predicted octanol–water partition coefficient (Wildman–Crippen LogP) is 0.994. The SMILES string of the molecule is CC1CN(S(=O)(=O)CCNC(=O)c2ccc(F)cc2)CC(C)O1. The van der Waals surface area contributed by atoms with Gasteiger partial charge in [0.1, 0.15) is 5.82 Å². The average Bonchev–Trinajstić information content (AvgIpc) is 2.46. The number of halogens is 1. The van der Waals surface area contributed by atoms with Gasteiger partial charge < -0.3 is 10.1 Å². The molecule has 1 saturated heterocycles. The molecule has 1 heterocycles. The van der Waals surface area contributed by atoms with Crippen molar-refractivity contribution in [3.63, 3.8) is 0 Å². The summed E-state index contributed by atoms with van der Waals surface area (Å²) in [5, 5.41) is 2.54. The molecular weight excluding hydrogens is 323 g/mol. The van der Waals surface area contributed by atoms with Gasteiger partial charge in [-0.05, 0) is 38.1 Å². The molecule has 1 aromatic carbocycles. The van der Waals surface area contributed by atoms with Crippen LogP contribution in [0.15, 0.2) is 24.3 Å². The Morgan fingerprint density at radius 1 is 1.26 bits per heavy atom. The summed E-state index contributed by atoms with van der Waals surface area (Å²) in [5.74, 6) is -1.04. The number of amides is 1. The van der Waals surface area contributed by atoms with Crippen LogP contribution in [-0.4, -0.2) is 56.2 Å². The van der Waals surface area contributed by atoms with E-state index in [-0.39, 0.29) is 30.1 Å². The number of hydrogen-bond donors (Lipinski definition) is 1. The lowest BCUT2D eigenvalue weighted by Crippen LogP contribution is -2.49. The van der Waals surface area contributed by atoms with E-state index in [2.05, 4.69) is 5.32 Å². The van der Waals surface area contributed by atoms with E-state index in [1.165, 1.54) is 28.6 Å². The quantitative estimate of drug-likeness (QED) is 0.864. The molecule has 1 N–H and O–H groups in total. The number of ether oxygens (including phenoxy) is 1. The van der Waals surface area contributed by atoms with E-state index < -0.39 is 21.7 Å². The van der Waals surface area contributed by atoms with Gasteiger partial charge in [-0.2, -0.15) is 4.31 Å². The number of nitrogens with zero attached hydrogens (tertiary/aromatic N) is 1. The van der Waals surface area contributed by atoms with Crippen molar-refractivity contribution in [3.05, 3.63) is 35.6 Å². The Hall–Kier alpha value is -1.51. The van der Waals surface area contributed by atoms with Gasteiger partial charge in [0.05, 0.1) is 18.0 Å². The number of carbonyl (C=O) groups is 1. The molecule has 0 spiro atoms. The molecule has 0 aromatic heterocycles. The fraction of sp³-hybridized carbons (Fsp3) is 0.533. The number of benzene rings is 1. The van der Waals surface area contributed by atoms with Gasteiger partial charge in [-0.1, -0.05) is 0 Å². The molecule has 0 radical (unpaired) electrons. The van der Waals surface area contributed by atoms with Gasteiger partial charge in [-0.3, -0.25) is 4.79 Å². The lowest BCUT2D eigenvalue weighted by molar-refractivity contribution is -0.0440. The Morgan fingerprint density at radius 3 is 2.39 bits per heavy atom. The van der Waals surface area contributed by atoms with Gasteiger partial charge >= 0.3 is 0 Å². The molecular formula is C15H21FN2O4S. The van der Waals surface area contributed by atoms with Crippen molar-refractivity contribution in [2.45, 2.75) is 26.1 Å². The molecule has 1 fully saturated rings. The molecule has 0 bridgehead atoms. The summed E-state index contributed by atoms with van der Waals surface area (Å²) in [6.45, 7) is 4.29. The Labute approximate surface area is 135 Å². The lowest BCUT2D eigenvalue weighted by atomic mass is 10.2. The maximum absolute atomic E-state index is 12.8. The maximum Gasteiger partial charge on any atom is 0.251 e. The molecule has 1 amide bonds. The highest BCUT2D eigenvalue weighted by Gasteiger charge is 2.30. The van der Waals surface area contributed by atoms with Crippen molar-refractivity contribution < 1.29 is 22.3 Å². The van der Waals surface area contributed by atoms with Gasteiger partial charge in [0, 0.05) is 25.2 Å². The first kappa shape index (κ1) is 17.8. The topological polar surface area (TPSA) is 75.7 Å². The first-order valence-corrected chi connectivity index (χ1v) is 9.06. The summed E-state index contributed by atoms with van der Waals surface area (Å²) in [5.41, 5.74) is 0.289. The van der Waals surface area contributed by atoms with Crippen molar-refractivity contribution in [1.82, 2.24) is 9.62 Å². The molecule has 1 aliphatic rings. The van der Waals surface area contributed by atoms with Gasteiger partial charge in [-0.15, -0.1) is 0 Å². The number of hydrogen-bond acceptors (Lipinski definition) is 4. The fourth-order valence-corrected chi connectivity index (χ4v) is 3.98. The molecule has 6 nitrogen and oxygen atoms in total. The van der Waals surface area contributed by atoms with Crippen LogP contribution < -0.4 is 5.32 Å². The smallest absolute Gasteiger partial charge is 0.251 e. The molecule has 0 saturated carbocycles. The van der Waals surface area contributed by atoms with E-state index in [1.54, 1.807) is 0 Å². The van der Waals surface area contributed by atoms with Crippen molar-refractivity contribution in [1.29, 1.82) is 0 Å². The Morgan fingerprint density at radius 2 is 1.83 bits per heavy atom.